The Labute approximate surface area is 98.1 Å². The van der Waals surface area contributed by atoms with Gasteiger partial charge in [0.2, 0.25) is 5.91 Å². The Morgan fingerprint density at radius 1 is 1.25 bits per heavy atom. The first-order chi connectivity index (χ1) is 7.08. The first kappa shape index (κ1) is 15.4. The lowest BCUT2D eigenvalue weighted by molar-refractivity contribution is -0.131. The van der Waals surface area contributed by atoms with Gasteiger partial charge in [0, 0.05) is 12.0 Å². The molecule has 4 nitrogen and oxygen atoms in total. The molecule has 1 amide bonds. The first-order valence-corrected chi connectivity index (χ1v) is 5.66. The van der Waals surface area contributed by atoms with Crippen molar-refractivity contribution < 1.29 is 15.0 Å². The van der Waals surface area contributed by atoms with Gasteiger partial charge in [-0.05, 0) is 11.8 Å². The number of aliphatic hydroxyl groups is 2. The van der Waals surface area contributed by atoms with E-state index in [4.69, 9.17) is 10.2 Å². The standard InChI is InChI=1S/C12H25NO3/c1-11(2,3)8-12(4,5)10(16)13-6-9(15)7-14/h9,14-15H,6-8H2,1-5H3,(H,13,16). The normalized spacial score (nSPS) is 14.7. The van der Waals surface area contributed by atoms with Crippen LogP contribution < -0.4 is 5.32 Å². The van der Waals surface area contributed by atoms with Crippen LogP contribution in [0.1, 0.15) is 41.0 Å². The highest BCUT2D eigenvalue weighted by Gasteiger charge is 2.32. The van der Waals surface area contributed by atoms with Gasteiger partial charge in [-0.3, -0.25) is 4.79 Å². The largest absolute Gasteiger partial charge is 0.394 e. The van der Waals surface area contributed by atoms with Crippen molar-refractivity contribution in [3.05, 3.63) is 0 Å². The summed E-state index contributed by atoms with van der Waals surface area (Å²) in [6.45, 7) is 9.81. The summed E-state index contributed by atoms with van der Waals surface area (Å²) >= 11 is 0. The Morgan fingerprint density at radius 3 is 2.12 bits per heavy atom. The number of amides is 1. The van der Waals surface area contributed by atoms with Crippen molar-refractivity contribution in [1.29, 1.82) is 0 Å². The number of carbonyl (C=O) groups is 1. The summed E-state index contributed by atoms with van der Waals surface area (Å²) < 4.78 is 0. The van der Waals surface area contributed by atoms with Gasteiger partial charge in [-0.15, -0.1) is 0 Å². The van der Waals surface area contributed by atoms with E-state index in [1.54, 1.807) is 0 Å². The Bertz CT molecular complexity index is 231. The third-order valence-electron chi connectivity index (χ3n) is 2.30. The molecule has 4 heteroatoms. The fourth-order valence-corrected chi connectivity index (χ4v) is 1.92. The van der Waals surface area contributed by atoms with E-state index in [1.165, 1.54) is 0 Å². The minimum Gasteiger partial charge on any atom is -0.394 e. The van der Waals surface area contributed by atoms with E-state index in [0.717, 1.165) is 6.42 Å². The molecular weight excluding hydrogens is 206 g/mol. The second-order valence-corrected chi connectivity index (χ2v) is 6.17. The molecule has 0 aliphatic rings. The molecule has 96 valence electrons. The van der Waals surface area contributed by atoms with Gasteiger partial charge in [-0.1, -0.05) is 34.6 Å². The maximum absolute atomic E-state index is 11.9. The van der Waals surface area contributed by atoms with Gasteiger partial charge in [0.15, 0.2) is 0 Å². The third kappa shape index (κ3) is 6.08. The number of hydrogen-bond donors (Lipinski definition) is 3. The summed E-state index contributed by atoms with van der Waals surface area (Å²) in [5.41, 5.74) is -0.385. The molecule has 3 N–H and O–H groups in total. The van der Waals surface area contributed by atoms with Gasteiger partial charge in [-0.2, -0.15) is 0 Å². The highest BCUT2D eigenvalue weighted by Crippen LogP contribution is 2.33. The molecule has 0 aromatic carbocycles. The summed E-state index contributed by atoms with van der Waals surface area (Å²) in [7, 11) is 0. The summed E-state index contributed by atoms with van der Waals surface area (Å²) in [5.74, 6) is -0.0880. The Kier molecular flexibility index (Phi) is 5.42. The van der Waals surface area contributed by atoms with Crippen LogP contribution in [-0.4, -0.2) is 35.4 Å². The highest BCUT2D eigenvalue weighted by molar-refractivity contribution is 5.81. The second kappa shape index (κ2) is 5.64. The van der Waals surface area contributed by atoms with Gasteiger partial charge in [0.05, 0.1) is 12.7 Å². The van der Waals surface area contributed by atoms with Crippen LogP contribution in [0.3, 0.4) is 0 Å². The van der Waals surface area contributed by atoms with Gasteiger partial charge < -0.3 is 15.5 Å². The maximum Gasteiger partial charge on any atom is 0.225 e. The number of rotatable bonds is 5. The van der Waals surface area contributed by atoms with Crippen molar-refractivity contribution in [3.8, 4) is 0 Å². The topological polar surface area (TPSA) is 69.6 Å². The lowest BCUT2D eigenvalue weighted by atomic mass is 9.76. The van der Waals surface area contributed by atoms with Crippen LogP contribution in [0.5, 0.6) is 0 Å². The van der Waals surface area contributed by atoms with Crippen LogP contribution in [0.2, 0.25) is 0 Å². The van der Waals surface area contributed by atoms with Gasteiger partial charge in [0.1, 0.15) is 0 Å². The predicted molar refractivity (Wildman–Crippen MR) is 64.0 cm³/mol. The van der Waals surface area contributed by atoms with Crippen molar-refractivity contribution in [2.75, 3.05) is 13.2 Å². The molecule has 0 aromatic rings. The molecule has 1 atom stereocenters. The average molecular weight is 231 g/mol. The molecule has 16 heavy (non-hydrogen) atoms. The maximum atomic E-state index is 11.9. The van der Waals surface area contributed by atoms with E-state index in [-0.39, 0.29) is 24.5 Å². The molecule has 0 heterocycles. The smallest absolute Gasteiger partial charge is 0.225 e. The van der Waals surface area contributed by atoms with E-state index < -0.39 is 11.5 Å². The van der Waals surface area contributed by atoms with Gasteiger partial charge in [-0.25, -0.2) is 0 Å². The zero-order valence-corrected chi connectivity index (χ0v) is 11.0. The van der Waals surface area contributed by atoms with Crippen LogP contribution in [0.4, 0.5) is 0 Å². The van der Waals surface area contributed by atoms with Crippen molar-refractivity contribution in [2.24, 2.45) is 10.8 Å². The Hall–Kier alpha value is -0.610. The fourth-order valence-electron chi connectivity index (χ4n) is 1.92. The minimum absolute atomic E-state index is 0.0798. The van der Waals surface area contributed by atoms with Crippen LogP contribution in [0.15, 0.2) is 0 Å². The van der Waals surface area contributed by atoms with Crippen LogP contribution in [-0.2, 0) is 4.79 Å². The molecule has 0 bridgehead atoms. The van der Waals surface area contributed by atoms with Gasteiger partial charge in [0.25, 0.3) is 0 Å². The molecule has 0 radical (unpaired) electrons. The molecule has 0 aliphatic heterocycles. The molecule has 0 saturated carbocycles. The quantitative estimate of drug-likeness (QED) is 0.659. The minimum atomic E-state index is -0.880. The van der Waals surface area contributed by atoms with Crippen molar-refractivity contribution in [2.45, 2.75) is 47.1 Å². The van der Waals surface area contributed by atoms with Crippen molar-refractivity contribution >= 4 is 5.91 Å². The predicted octanol–water partition coefficient (Wildman–Crippen LogP) is 0.918. The lowest BCUT2D eigenvalue weighted by Crippen LogP contribution is -2.43. The third-order valence-corrected chi connectivity index (χ3v) is 2.30. The van der Waals surface area contributed by atoms with E-state index in [0.29, 0.717) is 0 Å². The summed E-state index contributed by atoms with van der Waals surface area (Å²) in [4.78, 5) is 11.9. The molecule has 1 unspecified atom stereocenters. The van der Waals surface area contributed by atoms with E-state index in [9.17, 15) is 4.79 Å². The monoisotopic (exact) mass is 231 g/mol. The van der Waals surface area contributed by atoms with Crippen molar-refractivity contribution in [1.82, 2.24) is 5.32 Å². The number of hydrogen-bond acceptors (Lipinski definition) is 3. The molecular formula is C12H25NO3. The molecule has 0 aromatic heterocycles. The summed E-state index contributed by atoms with van der Waals surface area (Å²) in [6, 6.07) is 0. The molecule has 0 fully saturated rings. The molecule has 0 rings (SSSR count). The number of nitrogens with one attached hydrogen (secondary N) is 1. The second-order valence-electron chi connectivity index (χ2n) is 6.17. The van der Waals surface area contributed by atoms with E-state index >= 15 is 0 Å². The Morgan fingerprint density at radius 2 is 1.75 bits per heavy atom. The summed E-state index contributed by atoms with van der Waals surface area (Å²) in [5, 5.41) is 20.4. The van der Waals surface area contributed by atoms with Crippen LogP contribution in [0.25, 0.3) is 0 Å². The lowest BCUT2D eigenvalue weighted by Gasteiger charge is -2.31. The average Bonchev–Trinajstić information content (AvgIpc) is 2.09. The SMILES string of the molecule is CC(C)(C)CC(C)(C)C(=O)NCC(O)CO. The molecule has 0 spiro atoms. The highest BCUT2D eigenvalue weighted by atomic mass is 16.3. The van der Waals surface area contributed by atoms with Crippen LogP contribution in [0, 0.1) is 10.8 Å². The summed E-state index contributed by atoms with van der Waals surface area (Å²) in [6.07, 6.45) is -0.115. The number of carbonyl (C=O) groups excluding carboxylic acids is 1. The van der Waals surface area contributed by atoms with Gasteiger partial charge >= 0.3 is 0 Å². The molecule has 0 aliphatic carbocycles. The van der Waals surface area contributed by atoms with E-state index in [1.807, 2.05) is 13.8 Å². The Balaban J connectivity index is 4.25. The zero-order chi connectivity index (χ0) is 13.0. The zero-order valence-electron chi connectivity index (χ0n) is 11.0. The first-order valence-electron chi connectivity index (χ1n) is 5.66. The fraction of sp³-hybridized carbons (Fsp3) is 0.917. The van der Waals surface area contributed by atoms with Crippen molar-refractivity contribution in [3.63, 3.8) is 0 Å². The molecule has 0 saturated heterocycles. The van der Waals surface area contributed by atoms with E-state index in [2.05, 4.69) is 26.1 Å². The number of aliphatic hydroxyl groups excluding tert-OH is 2. The van der Waals surface area contributed by atoms with Crippen LogP contribution >= 0.6 is 0 Å².